The molecule has 2 N–H and O–H groups in total. The fraction of sp³-hybridized carbons (Fsp3) is 0.185. The number of nitrogens with zero attached hydrogens (tertiary/aromatic N) is 6. The van der Waals surface area contributed by atoms with Crippen LogP contribution in [0.4, 0.5) is 10.2 Å². The number of rotatable bonds is 2. The summed E-state index contributed by atoms with van der Waals surface area (Å²) in [6.07, 6.45) is 3.30. The summed E-state index contributed by atoms with van der Waals surface area (Å²) in [5, 5.41) is 9.60. The molecular formula is C27H22FN7O2. The SMILES string of the molecule is CN(C(=O)c1cc2c(cc1F)nc(N)c1cnn(C)c12)C1COc2cc(C#Cc3ccnn3C)ccc21. The average Bonchev–Trinajstić information content (AvgIpc) is 3.60. The number of hydrogen-bond acceptors (Lipinski definition) is 6. The van der Waals surface area contributed by atoms with E-state index in [1.807, 2.05) is 31.3 Å². The van der Waals surface area contributed by atoms with Crippen molar-refractivity contribution >= 4 is 33.5 Å². The van der Waals surface area contributed by atoms with Crippen molar-refractivity contribution in [2.75, 3.05) is 19.4 Å². The first kappa shape index (κ1) is 22.5. The van der Waals surface area contributed by atoms with Gasteiger partial charge in [-0.2, -0.15) is 10.2 Å². The lowest BCUT2D eigenvalue weighted by Gasteiger charge is -2.24. The lowest BCUT2D eigenvalue weighted by atomic mass is 10.0. The first-order valence-corrected chi connectivity index (χ1v) is 11.6. The van der Waals surface area contributed by atoms with Gasteiger partial charge in [0.25, 0.3) is 5.91 Å². The van der Waals surface area contributed by atoms with Crippen LogP contribution >= 0.6 is 0 Å². The van der Waals surface area contributed by atoms with E-state index in [0.29, 0.717) is 27.6 Å². The van der Waals surface area contributed by atoms with Gasteiger partial charge in [-0.15, -0.1) is 0 Å². The smallest absolute Gasteiger partial charge is 0.257 e. The van der Waals surface area contributed by atoms with Crippen LogP contribution in [-0.4, -0.2) is 49.0 Å². The van der Waals surface area contributed by atoms with Crippen LogP contribution in [-0.2, 0) is 14.1 Å². The number of carbonyl (C=O) groups is 1. The molecule has 1 aliphatic heterocycles. The number of hydrogen-bond donors (Lipinski definition) is 1. The predicted molar refractivity (Wildman–Crippen MR) is 136 cm³/mol. The van der Waals surface area contributed by atoms with Gasteiger partial charge < -0.3 is 15.4 Å². The summed E-state index contributed by atoms with van der Waals surface area (Å²) in [7, 11) is 5.24. The fourth-order valence-electron chi connectivity index (χ4n) is 4.70. The first-order chi connectivity index (χ1) is 17.8. The number of nitrogens with two attached hydrogens (primary N) is 1. The van der Waals surface area contributed by atoms with E-state index in [1.165, 1.54) is 17.0 Å². The molecule has 6 rings (SSSR count). The summed E-state index contributed by atoms with van der Waals surface area (Å²) in [4.78, 5) is 19.3. The van der Waals surface area contributed by atoms with E-state index in [9.17, 15) is 4.79 Å². The largest absolute Gasteiger partial charge is 0.491 e. The second kappa shape index (κ2) is 8.34. The number of amides is 1. The second-order valence-electron chi connectivity index (χ2n) is 8.96. The van der Waals surface area contributed by atoms with Crippen molar-refractivity contribution in [3.05, 3.63) is 77.0 Å². The minimum atomic E-state index is -0.669. The molecule has 4 heterocycles. The highest BCUT2D eigenvalue weighted by Gasteiger charge is 2.32. The van der Waals surface area contributed by atoms with Crippen molar-refractivity contribution in [2.24, 2.45) is 14.1 Å². The lowest BCUT2D eigenvalue weighted by molar-refractivity contribution is 0.0704. The number of aryl methyl sites for hydroxylation is 2. The fourth-order valence-corrected chi connectivity index (χ4v) is 4.70. The number of fused-ring (bicyclic) bond motifs is 4. The van der Waals surface area contributed by atoms with Crippen LogP contribution < -0.4 is 10.5 Å². The standard InChI is InChI=1S/C27H22FN7O2/c1-33(23-14-37-24-10-15(5-7-17(23)24)4-6-16-8-9-30-34(16)2)27(36)18-11-19-22(12-21(18)28)32-26(29)20-13-31-35(3)25(19)20/h5,7-13,23H,14H2,1-3H3,(H2,29,32). The van der Waals surface area contributed by atoms with Crippen molar-refractivity contribution < 1.29 is 13.9 Å². The Morgan fingerprint density at radius 1 is 1.14 bits per heavy atom. The van der Waals surface area contributed by atoms with Gasteiger partial charge in [-0.1, -0.05) is 12.0 Å². The quantitative estimate of drug-likeness (QED) is 0.377. The third-order valence-electron chi connectivity index (χ3n) is 6.74. The van der Waals surface area contributed by atoms with E-state index in [-0.39, 0.29) is 24.0 Å². The Balaban J connectivity index is 1.32. The molecule has 0 radical (unpaired) electrons. The summed E-state index contributed by atoms with van der Waals surface area (Å²) in [6, 6.07) is 9.85. The number of pyridine rings is 1. The Morgan fingerprint density at radius 2 is 1.97 bits per heavy atom. The van der Waals surface area contributed by atoms with E-state index < -0.39 is 11.7 Å². The zero-order valence-corrected chi connectivity index (χ0v) is 20.4. The number of anilines is 1. The molecule has 1 atom stereocenters. The summed E-state index contributed by atoms with van der Waals surface area (Å²) in [6.45, 7) is 0.259. The van der Waals surface area contributed by atoms with Crippen molar-refractivity contribution in [3.63, 3.8) is 0 Å². The van der Waals surface area contributed by atoms with Gasteiger partial charge in [-0.3, -0.25) is 14.2 Å². The van der Waals surface area contributed by atoms with E-state index >= 15 is 4.39 Å². The van der Waals surface area contributed by atoms with Crippen LogP contribution in [0.3, 0.4) is 0 Å². The highest BCUT2D eigenvalue weighted by atomic mass is 19.1. The number of benzene rings is 2. The third kappa shape index (κ3) is 3.63. The van der Waals surface area contributed by atoms with E-state index in [4.69, 9.17) is 10.5 Å². The Morgan fingerprint density at radius 3 is 2.76 bits per heavy atom. The second-order valence-corrected chi connectivity index (χ2v) is 8.96. The molecule has 9 nitrogen and oxygen atoms in total. The van der Waals surface area contributed by atoms with Crippen molar-refractivity contribution in [3.8, 4) is 17.6 Å². The summed E-state index contributed by atoms with van der Waals surface area (Å²) in [5.41, 5.74) is 9.44. The van der Waals surface area contributed by atoms with Crippen LogP contribution in [0.1, 0.15) is 33.2 Å². The zero-order valence-electron chi connectivity index (χ0n) is 20.4. The van der Waals surface area contributed by atoms with Gasteiger partial charge in [0.15, 0.2) is 0 Å². The van der Waals surface area contributed by atoms with Gasteiger partial charge in [-0.05, 0) is 30.2 Å². The number of nitrogen functional groups attached to an aromatic ring is 1. The summed E-state index contributed by atoms with van der Waals surface area (Å²) in [5.74, 6) is 5.97. The molecule has 0 spiro atoms. The van der Waals surface area contributed by atoms with E-state index in [1.54, 1.807) is 35.9 Å². The zero-order chi connectivity index (χ0) is 25.8. The van der Waals surface area contributed by atoms with Crippen LogP contribution in [0, 0.1) is 17.7 Å². The Labute approximate surface area is 211 Å². The molecule has 1 aliphatic rings. The molecule has 184 valence electrons. The molecule has 37 heavy (non-hydrogen) atoms. The van der Waals surface area contributed by atoms with Gasteiger partial charge in [0.2, 0.25) is 0 Å². The van der Waals surface area contributed by atoms with Crippen LogP contribution in [0.5, 0.6) is 5.75 Å². The Bertz CT molecular complexity index is 1790. The predicted octanol–water partition coefficient (Wildman–Crippen LogP) is 3.18. The maximum Gasteiger partial charge on any atom is 0.257 e. The molecule has 0 fully saturated rings. The van der Waals surface area contributed by atoms with Crippen molar-refractivity contribution in [2.45, 2.75) is 6.04 Å². The maximum atomic E-state index is 15.2. The molecule has 0 saturated carbocycles. The molecular weight excluding hydrogens is 473 g/mol. The summed E-state index contributed by atoms with van der Waals surface area (Å²) < 4.78 is 24.4. The molecule has 3 aromatic heterocycles. The van der Waals surface area contributed by atoms with Gasteiger partial charge in [0.05, 0.1) is 40.4 Å². The topological polar surface area (TPSA) is 104 Å². The highest BCUT2D eigenvalue weighted by molar-refractivity contribution is 6.10. The van der Waals surface area contributed by atoms with E-state index in [0.717, 1.165) is 16.8 Å². The van der Waals surface area contributed by atoms with Gasteiger partial charge in [-0.25, -0.2) is 9.37 Å². The minimum Gasteiger partial charge on any atom is -0.491 e. The van der Waals surface area contributed by atoms with Crippen molar-refractivity contribution in [1.82, 2.24) is 29.4 Å². The monoisotopic (exact) mass is 495 g/mol. The first-order valence-electron chi connectivity index (χ1n) is 11.6. The van der Waals surface area contributed by atoms with Crippen molar-refractivity contribution in [1.29, 1.82) is 0 Å². The number of ether oxygens (including phenoxy) is 1. The number of carbonyl (C=O) groups excluding carboxylic acids is 1. The number of likely N-dealkylation sites (N-methyl/N-ethyl adjacent to an activating group) is 1. The highest BCUT2D eigenvalue weighted by Crippen LogP contribution is 2.37. The average molecular weight is 496 g/mol. The van der Waals surface area contributed by atoms with Gasteiger partial charge in [0.1, 0.15) is 29.7 Å². The molecule has 1 unspecified atom stereocenters. The lowest BCUT2D eigenvalue weighted by Crippen LogP contribution is -2.32. The van der Waals surface area contributed by atoms with Crippen LogP contribution in [0.25, 0.3) is 21.8 Å². The normalized spacial score (nSPS) is 14.3. The number of aromatic nitrogens is 5. The minimum absolute atomic E-state index is 0.0591. The number of halogens is 1. The molecule has 0 bridgehead atoms. The maximum absolute atomic E-state index is 15.2. The van der Waals surface area contributed by atoms with Gasteiger partial charge >= 0.3 is 0 Å². The molecule has 0 saturated heterocycles. The van der Waals surface area contributed by atoms with Crippen LogP contribution in [0.2, 0.25) is 0 Å². The molecule has 1 amide bonds. The molecule has 2 aromatic carbocycles. The Kier molecular flexibility index (Phi) is 5.08. The molecule has 10 heteroatoms. The Hall–Kier alpha value is -4.91. The molecule has 0 aliphatic carbocycles. The van der Waals surface area contributed by atoms with E-state index in [2.05, 4.69) is 27.0 Å². The summed E-state index contributed by atoms with van der Waals surface area (Å²) >= 11 is 0. The molecule has 5 aromatic rings. The third-order valence-corrected chi connectivity index (χ3v) is 6.74. The van der Waals surface area contributed by atoms with Gasteiger partial charge in [0, 0.05) is 43.7 Å². The van der Waals surface area contributed by atoms with Crippen LogP contribution in [0.15, 0.2) is 48.8 Å².